The second kappa shape index (κ2) is 14.9. The number of nitrogens with one attached hydrogen (secondary N) is 2. The van der Waals surface area contributed by atoms with Gasteiger partial charge < -0.3 is 30.1 Å². The Labute approximate surface area is 253 Å². The van der Waals surface area contributed by atoms with Crippen molar-refractivity contribution in [2.45, 2.75) is 64.9 Å². The van der Waals surface area contributed by atoms with E-state index in [1.807, 2.05) is 6.92 Å². The second-order valence-electron chi connectivity index (χ2n) is 11.2. The quantitative estimate of drug-likeness (QED) is 0.200. The molecule has 3 aromatic rings. The van der Waals surface area contributed by atoms with Gasteiger partial charge in [0, 0.05) is 49.1 Å². The number of anilines is 1. The van der Waals surface area contributed by atoms with Crippen molar-refractivity contribution in [1.29, 1.82) is 0 Å². The fraction of sp³-hybridized carbons (Fsp3) is 0.412. The van der Waals surface area contributed by atoms with Crippen LogP contribution in [0.25, 0.3) is 0 Å². The zero-order valence-corrected chi connectivity index (χ0v) is 25.2. The molecule has 9 heteroatoms. The Kier molecular flexibility index (Phi) is 11.0. The maximum Gasteiger partial charge on any atom is 0.321 e. The van der Waals surface area contributed by atoms with Crippen LogP contribution in [0.15, 0.2) is 66.7 Å². The molecule has 0 aromatic heterocycles. The smallest absolute Gasteiger partial charge is 0.321 e. The van der Waals surface area contributed by atoms with Gasteiger partial charge in [0.1, 0.15) is 28.8 Å². The zero-order valence-electron chi connectivity index (χ0n) is 25.2. The summed E-state index contributed by atoms with van der Waals surface area (Å²) < 4.78 is 25.5. The van der Waals surface area contributed by atoms with E-state index in [-0.39, 0.29) is 17.8 Å². The van der Waals surface area contributed by atoms with Crippen LogP contribution in [0.5, 0.6) is 23.0 Å². The third kappa shape index (κ3) is 9.19. The Hall–Kier alpha value is -4.11. The molecule has 1 aliphatic rings. The number of urea groups is 1. The molecule has 1 heterocycles. The normalized spacial score (nSPS) is 14.3. The molecule has 0 bridgehead atoms. The summed E-state index contributed by atoms with van der Waals surface area (Å²) in [6.07, 6.45) is 4.73. The minimum atomic E-state index is -0.746. The predicted octanol–water partition coefficient (Wildman–Crippen LogP) is 7.74. The first-order valence-electron chi connectivity index (χ1n) is 15.1. The van der Waals surface area contributed by atoms with Crippen LogP contribution in [0, 0.1) is 11.7 Å². The summed E-state index contributed by atoms with van der Waals surface area (Å²) in [5.74, 6) is 1.64. The standard InChI is InChI=1S/C34H42FN3O5/c1-4-17-36-32(39)25-7-11-28(12-8-25)42-30-20-27(21-31(22-30)43-29-13-9-26(35)10-14-29)37-33(40)38-18-15-34(41,16-19-38)23-24(5-2)6-3/h7-14,20-22,24,41H,4-6,15-19,23H2,1-3H3,(H,36,39)(H,37,40). The zero-order chi connectivity index (χ0) is 30.8. The van der Waals surface area contributed by atoms with E-state index >= 15 is 0 Å². The molecule has 0 saturated carbocycles. The Morgan fingerprint density at radius 2 is 1.44 bits per heavy atom. The first-order valence-corrected chi connectivity index (χ1v) is 15.1. The molecule has 8 nitrogen and oxygen atoms in total. The van der Waals surface area contributed by atoms with Crippen LogP contribution in [0.3, 0.4) is 0 Å². The van der Waals surface area contributed by atoms with Crippen LogP contribution in [-0.4, -0.2) is 47.2 Å². The summed E-state index contributed by atoms with van der Waals surface area (Å²) in [6, 6.07) is 17.1. The number of amides is 3. The summed E-state index contributed by atoms with van der Waals surface area (Å²) in [4.78, 5) is 27.2. The van der Waals surface area contributed by atoms with Gasteiger partial charge in [0.05, 0.1) is 5.60 Å². The Balaban J connectivity index is 1.48. The molecule has 0 spiro atoms. The Bertz CT molecular complexity index is 1350. The van der Waals surface area contributed by atoms with E-state index in [1.54, 1.807) is 47.4 Å². The number of piperidine rings is 1. The fourth-order valence-electron chi connectivity index (χ4n) is 5.20. The lowest BCUT2D eigenvalue weighted by Gasteiger charge is -2.39. The molecular weight excluding hydrogens is 549 g/mol. The predicted molar refractivity (Wildman–Crippen MR) is 166 cm³/mol. The van der Waals surface area contributed by atoms with Crippen molar-refractivity contribution >= 4 is 17.6 Å². The number of carbonyl (C=O) groups excluding carboxylic acids is 2. The number of hydrogen-bond acceptors (Lipinski definition) is 5. The molecule has 1 aliphatic heterocycles. The molecule has 0 unspecified atom stereocenters. The van der Waals surface area contributed by atoms with Crippen molar-refractivity contribution in [2.75, 3.05) is 25.0 Å². The van der Waals surface area contributed by atoms with Gasteiger partial charge in [-0.2, -0.15) is 0 Å². The first kappa shape index (κ1) is 31.8. The molecule has 4 rings (SSSR count). The lowest BCUT2D eigenvalue weighted by atomic mass is 9.81. The lowest BCUT2D eigenvalue weighted by Crippen LogP contribution is -2.48. The number of rotatable bonds is 12. The number of aliphatic hydroxyl groups is 1. The number of carbonyl (C=O) groups is 2. The maximum absolute atomic E-state index is 13.4. The molecule has 3 amide bonds. The van der Waals surface area contributed by atoms with E-state index in [0.29, 0.717) is 72.6 Å². The molecule has 3 aromatic carbocycles. The van der Waals surface area contributed by atoms with Gasteiger partial charge in [-0.1, -0.05) is 33.6 Å². The van der Waals surface area contributed by atoms with E-state index < -0.39 is 5.60 Å². The van der Waals surface area contributed by atoms with Crippen LogP contribution >= 0.6 is 0 Å². The molecule has 43 heavy (non-hydrogen) atoms. The van der Waals surface area contributed by atoms with Gasteiger partial charge in [0.15, 0.2) is 0 Å². The summed E-state index contributed by atoms with van der Waals surface area (Å²) in [5.41, 5.74) is 0.229. The first-order chi connectivity index (χ1) is 20.7. The number of ether oxygens (including phenoxy) is 2. The SMILES string of the molecule is CCCNC(=O)c1ccc(Oc2cc(NC(=O)N3CCC(O)(CC(CC)CC)CC3)cc(Oc3ccc(F)cc3)c2)cc1. The highest BCUT2D eigenvalue weighted by molar-refractivity contribution is 5.94. The van der Waals surface area contributed by atoms with Gasteiger partial charge in [-0.3, -0.25) is 4.79 Å². The van der Waals surface area contributed by atoms with Gasteiger partial charge in [-0.05, 0) is 80.1 Å². The summed E-state index contributed by atoms with van der Waals surface area (Å²) in [6.45, 7) is 7.79. The van der Waals surface area contributed by atoms with Crippen molar-refractivity contribution in [2.24, 2.45) is 5.92 Å². The van der Waals surface area contributed by atoms with Crippen molar-refractivity contribution < 1.29 is 28.6 Å². The number of halogens is 1. The minimum Gasteiger partial charge on any atom is -0.457 e. The molecule has 0 aliphatic carbocycles. The van der Waals surface area contributed by atoms with Crippen molar-refractivity contribution in [3.8, 4) is 23.0 Å². The monoisotopic (exact) mass is 591 g/mol. The van der Waals surface area contributed by atoms with Crippen LogP contribution in [0.1, 0.15) is 69.7 Å². The topological polar surface area (TPSA) is 100 Å². The number of hydrogen-bond donors (Lipinski definition) is 3. The molecule has 3 N–H and O–H groups in total. The van der Waals surface area contributed by atoms with Crippen LogP contribution in [-0.2, 0) is 0 Å². The minimum absolute atomic E-state index is 0.153. The highest BCUT2D eigenvalue weighted by Gasteiger charge is 2.35. The highest BCUT2D eigenvalue weighted by atomic mass is 19.1. The summed E-state index contributed by atoms with van der Waals surface area (Å²) in [7, 11) is 0. The van der Waals surface area contributed by atoms with Gasteiger partial charge in [-0.25, -0.2) is 9.18 Å². The molecule has 0 radical (unpaired) electrons. The molecule has 1 fully saturated rings. The number of nitrogens with zero attached hydrogens (tertiary/aromatic N) is 1. The Morgan fingerprint density at radius 3 is 1.98 bits per heavy atom. The van der Waals surface area contributed by atoms with Gasteiger partial charge in [-0.15, -0.1) is 0 Å². The summed E-state index contributed by atoms with van der Waals surface area (Å²) in [5, 5.41) is 16.9. The van der Waals surface area contributed by atoms with E-state index in [1.165, 1.54) is 24.3 Å². The molecular formula is C34H42FN3O5. The average molecular weight is 592 g/mol. The third-order valence-electron chi connectivity index (χ3n) is 7.87. The molecule has 0 atom stereocenters. The highest BCUT2D eigenvalue weighted by Crippen LogP contribution is 2.34. The van der Waals surface area contributed by atoms with E-state index in [2.05, 4.69) is 24.5 Å². The van der Waals surface area contributed by atoms with Crippen molar-refractivity contribution in [3.63, 3.8) is 0 Å². The largest absolute Gasteiger partial charge is 0.457 e. The second-order valence-corrected chi connectivity index (χ2v) is 11.2. The van der Waals surface area contributed by atoms with Crippen LogP contribution in [0.4, 0.5) is 14.9 Å². The van der Waals surface area contributed by atoms with Crippen LogP contribution in [0.2, 0.25) is 0 Å². The molecule has 230 valence electrons. The summed E-state index contributed by atoms with van der Waals surface area (Å²) >= 11 is 0. The fourth-order valence-corrected chi connectivity index (χ4v) is 5.20. The third-order valence-corrected chi connectivity index (χ3v) is 7.87. The Morgan fingerprint density at radius 1 is 0.884 bits per heavy atom. The van der Waals surface area contributed by atoms with E-state index in [4.69, 9.17) is 9.47 Å². The van der Waals surface area contributed by atoms with Gasteiger partial charge in [0.25, 0.3) is 5.91 Å². The average Bonchev–Trinajstić information content (AvgIpc) is 3.00. The van der Waals surface area contributed by atoms with Gasteiger partial charge in [0.2, 0.25) is 0 Å². The van der Waals surface area contributed by atoms with E-state index in [0.717, 1.165) is 25.7 Å². The lowest BCUT2D eigenvalue weighted by molar-refractivity contribution is -0.0309. The molecule has 1 saturated heterocycles. The number of likely N-dealkylation sites (tertiary alicyclic amines) is 1. The van der Waals surface area contributed by atoms with Crippen LogP contribution < -0.4 is 20.1 Å². The van der Waals surface area contributed by atoms with Gasteiger partial charge >= 0.3 is 6.03 Å². The number of benzene rings is 3. The maximum atomic E-state index is 13.4. The van der Waals surface area contributed by atoms with Crippen molar-refractivity contribution in [3.05, 3.63) is 78.1 Å². The van der Waals surface area contributed by atoms with Crippen molar-refractivity contribution in [1.82, 2.24) is 10.2 Å². The van der Waals surface area contributed by atoms with E-state index in [9.17, 15) is 19.1 Å².